The Morgan fingerprint density at radius 2 is 1.92 bits per heavy atom. The number of benzene rings is 1. The Morgan fingerprint density at radius 1 is 1.27 bits per heavy atom. The molecule has 1 amide bonds. The molecule has 1 heterocycles. The maximum atomic E-state index is 12.9. The Morgan fingerprint density at radius 3 is 2.50 bits per heavy atom. The van der Waals surface area contributed by atoms with E-state index >= 15 is 0 Å². The summed E-state index contributed by atoms with van der Waals surface area (Å²) in [5.41, 5.74) is 0.260. The fourth-order valence-corrected chi connectivity index (χ4v) is 4.93. The average molecular weight is 382 g/mol. The van der Waals surface area contributed by atoms with Crippen LogP contribution in [0.5, 0.6) is 0 Å². The first-order chi connectivity index (χ1) is 12.2. The van der Waals surface area contributed by atoms with Gasteiger partial charge in [0.15, 0.2) is 0 Å². The highest BCUT2D eigenvalue weighted by Crippen LogP contribution is 2.26. The van der Waals surface area contributed by atoms with Crippen LogP contribution in [0.1, 0.15) is 44.0 Å². The molecule has 0 unspecified atom stereocenters. The number of aliphatic carboxylic acids is 1. The molecule has 144 valence electrons. The average Bonchev–Trinajstić information content (AvgIpc) is 2.62. The van der Waals surface area contributed by atoms with E-state index in [1.165, 1.54) is 21.3 Å². The fourth-order valence-electron chi connectivity index (χ4n) is 3.43. The van der Waals surface area contributed by atoms with E-state index in [1.807, 2.05) is 0 Å². The third-order valence-electron chi connectivity index (χ3n) is 4.99. The number of hydrogen-bond donors (Lipinski definition) is 1. The Kier molecular flexibility index (Phi) is 6.41. The molecule has 0 aliphatic carbocycles. The van der Waals surface area contributed by atoms with Crippen molar-refractivity contribution in [1.82, 2.24) is 9.21 Å². The van der Waals surface area contributed by atoms with Crippen LogP contribution in [0, 0.1) is 5.92 Å². The van der Waals surface area contributed by atoms with Gasteiger partial charge in [0.25, 0.3) is 5.91 Å². The van der Waals surface area contributed by atoms with Crippen molar-refractivity contribution in [2.45, 2.75) is 44.6 Å². The van der Waals surface area contributed by atoms with Gasteiger partial charge in [-0.1, -0.05) is 19.9 Å². The van der Waals surface area contributed by atoms with E-state index in [4.69, 9.17) is 0 Å². The molecule has 1 aromatic carbocycles. The van der Waals surface area contributed by atoms with E-state index in [0.717, 1.165) is 0 Å². The van der Waals surface area contributed by atoms with E-state index < -0.39 is 28.0 Å². The molecule has 26 heavy (non-hydrogen) atoms. The summed E-state index contributed by atoms with van der Waals surface area (Å²) in [7, 11) is -3.66. The van der Waals surface area contributed by atoms with Crippen molar-refractivity contribution in [1.29, 1.82) is 0 Å². The predicted octanol–water partition coefficient (Wildman–Crippen LogP) is 2.04. The predicted molar refractivity (Wildman–Crippen MR) is 97.4 cm³/mol. The van der Waals surface area contributed by atoms with Gasteiger partial charge in [-0.2, -0.15) is 4.31 Å². The lowest BCUT2D eigenvalue weighted by Gasteiger charge is -2.37. The number of amides is 1. The summed E-state index contributed by atoms with van der Waals surface area (Å²) in [5, 5.41) is 9.32. The van der Waals surface area contributed by atoms with Crippen molar-refractivity contribution in [2.24, 2.45) is 5.92 Å². The number of carboxylic acids is 1. The second-order valence-electron chi connectivity index (χ2n) is 6.44. The third kappa shape index (κ3) is 3.91. The molecule has 7 nitrogen and oxygen atoms in total. The third-order valence-corrected chi connectivity index (χ3v) is 7.04. The van der Waals surface area contributed by atoms with Crippen LogP contribution in [0.25, 0.3) is 0 Å². The van der Waals surface area contributed by atoms with E-state index in [2.05, 4.69) is 0 Å². The molecule has 1 N–H and O–H groups in total. The molecule has 0 radical (unpaired) electrons. The number of nitrogens with zero attached hydrogens (tertiary/aromatic N) is 2. The molecule has 2 rings (SSSR count). The summed E-state index contributed by atoms with van der Waals surface area (Å²) in [6, 6.07) is 5.54. The van der Waals surface area contributed by atoms with Crippen LogP contribution < -0.4 is 0 Å². The van der Waals surface area contributed by atoms with Crippen molar-refractivity contribution in [3.8, 4) is 0 Å². The van der Waals surface area contributed by atoms with Crippen LogP contribution in [-0.4, -0.2) is 60.3 Å². The molecule has 1 aliphatic heterocycles. The summed E-state index contributed by atoms with van der Waals surface area (Å²) in [4.78, 5) is 25.9. The quantitative estimate of drug-likeness (QED) is 0.812. The van der Waals surface area contributed by atoms with Gasteiger partial charge in [0.1, 0.15) is 0 Å². The van der Waals surface area contributed by atoms with Crippen molar-refractivity contribution in [3.05, 3.63) is 29.8 Å². The van der Waals surface area contributed by atoms with Gasteiger partial charge in [0.2, 0.25) is 10.0 Å². The van der Waals surface area contributed by atoms with Crippen LogP contribution in [0.2, 0.25) is 0 Å². The minimum absolute atomic E-state index is 0.0755. The van der Waals surface area contributed by atoms with Gasteiger partial charge in [0.05, 0.1) is 10.8 Å². The topological polar surface area (TPSA) is 95.0 Å². The van der Waals surface area contributed by atoms with E-state index in [9.17, 15) is 23.1 Å². The van der Waals surface area contributed by atoms with E-state index in [-0.39, 0.29) is 16.4 Å². The van der Waals surface area contributed by atoms with Crippen LogP contribution >= 0.6 is 0 Å². The number of carbonyl (C=O) groups excluding carboxylic acids is 1. The van der Waals surface area contributed by atoms with Crippen molar-refractivity contribution in [2.75, 3.05) is 19.6 Å². The zero-order valence-electron chi connectivity index (χ0n) is 15.4. The van der Waals surface area contributed by atoms with Gasteiger partial charge in [0, 0.05) is 31.2 Å². The molecular weight excluding hydrogens is 356 g/mol. The number of carboxylic acid groups (broad SMARTS) is 1. The molecule has 0 aromatic heterocycles. The SMILES string of the molecule is CCN(CC)S(=O)(=O)c1cccc(C(=O)N2CCC[C@H](C(=O)O)[C@@H]2C)c1. The largest absolute Gasteiger partial charge is 0.481 e. The zero-order chi connectivity index (χ0) is 19.5. The van der Waals surface area contributed by atoms with E-state index in [0.29, 0.717) is 32.5 Å². The van der Waals surface area contributed by atoms with Gasteiger partial charge in [-0.25, -0.2) is 8.42 Å². The Balaban J connectivity index is 2.32. The molecular formula is C18H26N2O5S. The molecule has 1 saturated heterocycles. The molecule has 0 saturated carbocycles. The molecule has 1 fully saturated rings. The molecule has 0 bridgehead atoms. The lowest BCUT2D eigenvalue weighted by molar-refractivity contribution is -0.144. The van der Waals surface area contributed by atoms with Crippen LogP contribution in [0.15, 0.2) is 29.2 Å². The van der Waals surface area contributed by atoms with Gasteiger partial charge in [-0.05, 0) is 38.0 Å². The van der Waals surface area contributed by atoms with Crippen LogP contribution in [0.3, 0.4) is 0 Å². The molecule has 1 aromatic rings. The molecule has 2 atom stereocenters. The lowest BCUT2D eigenvalue weighted by Crippen LogP contribution is -2.49. The molecule has 0 spiro atoms. The Bertz CT molecular complexity index is 774. The normalized spacial score (nSPS) is 21.0. The zero-order valence-corrected chi connectivity index (χ0v) is 16.2. The summed E-state index contributed by atoms with van der Waals surface area (Å²) in [6.07, 6.45) is 1.15. The number of piperidine rings is 1. The Hall–Kier alpha value is -1.93. The highest BCUT2D eigenvalue weighted by atomic mass is 32.2. The lowest BCUT2D eigenvalue weighted by atomic mass is 9.90. The summed E-state index contributed by atoms with van der Waals surface area (Å²) >= 11 is 0. The summed E-state index contributed by atoms with van der Waals surface area (Å²) < 4.78 is 26.7. The number of sulfonamides is 1. The van der Waals surface area contributed by atoms with E-state index in [1.54, 1.807) is 32.9 Å². The van der Waals surface area contributed by atoms with Gasteiger partial charge in [-0.15, -0.1) is 0 Å². The first kappa shape index (κ1) is 20.4. The second-order valence-corrected chi connectivity index (χ2v) is 8.38. The fraction of sp³-hybridized carbons (Fsp3) is 0.556. The Labute approximate surface area is 154 Å². The number of hydrogen-bond acceptors (Lipinski definition) is 4. The summed E-state index contributed by atoms with van der Waals surface area (Å²) in [6.45, 7) is 6.42. The minimum Gasteiger partial charge on any atom is -0.481 e. The second kappa shape index (κ2) is 8.18. The van der Waals surface area contributed by atoms with Crippen LogP contribution in [0.4, 0.5) is 0 Å². The van der Waals surface area contributed by atoms with Crippen molar-refractivity contribution >= 4 is 21.9 Å². The molecule has 1 aliphatic rings. The number of rotatable bonds is 6. The highest BCUT2D eigenvalue weighted by molar-refractivity contribution is 7.89. The first-order valence-electron chi connectivity index (χ1n) is 8.88. The smallest absolute Gasteiger partial charge is 0.308 e. The van der Waals surface area contributed by atoms with Crippen molar-refractivity contribution < 1.29 is 23.1 Å². The standard InChI is InChI=1S/C18H26N2O5S/c1-4-19(5-2)26(24,25)15-9-6-8-14(12-15)17(21)20-11-7-10-16(13(20)3)18(22)23/h6,8-9,12-13,16H,4-5,7,10-11H2,1-3H3,(H,22,23)/t13-,16-/m0/s1. The van der Waals surface area contributed by atoms with Gasteiger partial charge < -0.3 is 10.0 Å². The van der Waals surface area contributed by atoms with Gasteiger partial charge in [-0.3, -0.25) is 9.59 Å². The monoisotopic (exact) mass is 382 g/mol. The first-order valence-corrected chi connectivity index (χ1v) is 10.3. The van der Waals surface area contributed by atoms with Crippen LogP contribution in [-0.2, 0) is 14.8 Å². The number of carbonyl (C=O) groups is 2. The van der Waals surface area contributed by atoms with Gasteiger partial charge >= 0.3 is 5.97 Å². The minimum atomic E-state index is -3.66. The number of likely N-dealkylation sites (tertiary alicyclic amines) is 1. The highest BCUT2D eigenvalue weighted by Gasteiger charge is 2.36. The maximum absolute atomic E-state index is 12.9. The van der Waals surface area contributed by atoms with Crippen molar-refractivity contribution in [3.63, 3.8) is 0 Å². The maximum Gasteiger partial charge on any atom is 0.308 e. The summed E-state index contributed by atoms with van der Waals surface area (Å²) in [5.74, 6) is -1.84. The molecule has 8 heteroatoms.